The number of methoxy groups -OCH3 is 2. The van der Waals surface area contributed by atoms with Crippen molar-refractivity contribution in [3.63, 3.8) is 0 Å². The lowest BCUT2D eigenvalue weighted by atomic mass is 10.2. The van der Waals surface area contributed by atoms with Gasteiger partial charge in [0.25, 0.3) is 15.9 Å². The van der Waals surface area contributed by atoms with E-state index in [-0.39, 0.29) is 21.0 Å². The number of anilines is 1. The lowest BCUT2D eigenvalue weighted by Gasteiger charge is -2.09. The second-order valence-corrected chi connectivity index (χ2v) is 12.9. The number of thiazole rings is 1. The molecule has 0 saturated carbocycles. The molecule has 13 heteroatoms. The molecule has 0 aliphatic heterocycles. The molecule has 3 aromatic carbocycles. The van der Waals surface area contributed by atoms with E-state index in [1.54, 1.807) is 35.9 Å². The van der Waals surface area contributed by atoms with Gasteiger partial charge in [-0.1, -0.05) is 11.3 Å². The number of nitrogens with zero attached hydrogens (tertiary/aromatic N) is 2. The monoisotopic (exact) mass is 575 g/mol. The van der Waals surface area contributed by atoms with E-state index in [1.165, 1.54) is 60.9 Å². The molecule has 0 spiro atoms. The van der Waals surface area contributed by atoms with Gasteiger partial charge in [-0.15, -0.1) is 0 Å². The number of ether oxygens (including phenoxy) is 2. The molecule has 0 radical (unpaired) electrons. The predicted octanol–water partition coefficient (Wildman–Crippen LogP) is 3.30. The van der Waals surface area contributed by atoms with Crippen LogP contribution < -0.4 is 14.3 Å². The van der Waals surface area contributed by atoms with Crippen molar-refractivity contribution >= 4 is 53.0 Å². The highest BCUT2D eigenvalue weighted by atomic mass is 32.2. The Balaban J connectivity index is 1.62. The summed E-state index contributed by atoms with van der Waals surface area (Å²) in [6.07, 6.45) is 1.14. The van der Waals surface area contributed by atoms with Gasteiger partial charge >= 0.3 is 0 Å². The first-order valence-electron chi connectivity index (χ1n) is 11.2. The van der Waals surface area contributed by atoms with E-state index in [9.17, 15) is 21.6 Å². The largest absolute Gasteiger partial charge is 0.497 e. The third kappa shape index (κ3) is 6.13. The second kappa shape index (κ2) is 11.1. The molecule has 1 aromatic heterocycles. The van der Waals surface area contributed by atoms with E-state index in [2.05, 4.69) is 9.71 Å². The van der Waals surface area contributed by atoms with Crippen LogP contribution in [0, 0.1) is 0 Å². The Bertz CT molecular complexity index is 1760. The maximum atomic E-state index is 13.0. The fourth-order valence-corrected chi connectivity index (χ4v) is 6.44. The molecule has 1 heterocycles. The molecular formula is C25H25N3O7S3. The van der Waals surface area contributed by atoms with Gasteiger partial charge in [-0.2, -0.15) is 4.99 Å². The van der Waals surface area contributed by atoms with Gasteiger partial charge in [0.1, 0.15) is 5.75 Å². The Morgan fingerprint density at radius 3 is 2.21 bits per heavy atom. The zero-order chi connectivity index (χ0) is 27.5. The molecule has 0 unspecified atom stereocenters. The number of amides is 1. The minimum Gasteiger partial charge on any atom is -0.497 e. The van der Waals surface area contributed by atoms with Gasteiger partial charge in [-0.3, -0.25) is 9.52 Å². The molecule has 200 valence electrons. The van der Waals surface area contributed by atoms with Gasteiger partial charge in [0, 0.05) is 31.2 Å². The van der Waals surface area contributed by atoms with Crippen molar-refractivity contribution < 1.29 is 31.1 Å². The summed E-state index contributed by atoms with van der Waals surface area (Å²) >= 11 is 1.19. The lowest BCUT2D eigenvalue weighted by molar-refractivity contribution is 0.0997. The summed E-state index contributed by atoms with van der Waals surface area (Å²) in [6.45, 7) is 0.775. The summed E-state index contributed by atoms with van der Waals surface area (Å²) in [5.74, 6) is 0.00389. The van der Waals surface area contributed by atoms with Crippen molar-refractivity contribution in [2.45, 2.75) is 16.3 Å². The van der Waals surface area contributed by atoms with Crippen LogP contribution in [0.5, 0.6) is 5.75 Å². The summed E-state index contributed by atoms with van der Waals surface area (Å²) in [4.78, 5) is 17.9. The summed E-state index contributed by atoms with van der Waals surface area (Å²) < 4.78 is 64.5. The fourth-order valence-electron chi connectivity index (χ4n) is 3.57. The number of carbonyl (C=O) groups is 1. The van der Waals surface area contributed by atoms with Crippen molar-refractivity contribution in [1.29, 1.82) is 0 Å². The van der Waals surface area contributed by atoms with Gasteiger partial charge in [0.2, 0.25) is 0 Å². The molecule has 0 atom stereocenters. The van der Waals surface area contributed by atoms with E-state index < -0.39 is 25.8 Å². The number of benzene rings is 3. The Labute approximate surface area is 224 Å². The summed E-state index contributed by atoms with van der Waals surface area (Å²) in [6, 6.07) is 16.6. The van der Waals surface area contributed by atoms with Crippen molar-refractivity contribution in [1.82, 2.24) is 4.57 Å². The number of fused-ring (bicyclic) bond motifs is 1. The molecule has 38 heavy (non-hydrogen) atoms. The van der Waals surface area contributed by atoms with E-state index in [1.807, 2.05) is 0 Å². The van der Waals surface area contributed by atoms with Crippen LogP contribution in [0.4, 0.5) is 5.69 Å². The third-order valence-electron chi connectivity index (χ3n) is 5.55. The van der Waals surface area contributed by atoms with E-state index in [0.29, 0.717) is 28.4 Å². The number of rotatable bonds is 9. The lowest BCUT2D eigenvalue weighted by Crippen LogP contribution is -2.19. The number of hydrogen-bond acceptors (Lipinski definition) is 8. The Kier molecular flexibility index (Phi) is 8.02. The van der Waals surface area contributed by atoms with Gasteiger partial charge in [-0.25, -0.2) is 16.8 Å². The number of sulfone groups is 1. The van der Waals surface area contributed by atoms with Crippen LogP contribution in [0.25, 0.3) is 10.2 Å². The Morgan fingerprint density at radius 2 is 1.61 bits per heavy atom. The predicted molar refractivity (Wildman–Crippen MR) is 145 cm³/mol. The molecule has 0 aliphatic rings. The van der Waals surface area contributed by atoms with E-state index in [4.69, 9.17) is 9.47 Å². The van der Waals surface area contributed by atoms with Crippen LogP contribution in [-0.4, -0.2) is 54.4 Å². The molecule has 0 aliphatic carbocycles. The van der Waals surface area contributed by atoms with Gasteiger partial charge < -0.3 is 14.0 Å². The SMILES string of the molecule is COCCn1c(=NC(=O)c2ccc(NS(=O)(=O)c3ccc(OC)cc3)cc2)sc2cc(S(C)(=O)=O)ccc21. The maximum absolute atomic E-state index is 13.0. The highest BCUT2D eigenvalue weighted by Crippen LogP contribution is 2.23. The third-order valence-corrected chi connectivity index (χ3v) is 9.10. The Morgan fingerprint density at radius 1 is 0.947 bits per heavy atom. The highest BCUT2D eigenvalue weighted by molar-refractivity contribution is 7.92. The standard InChI is InChI=1S/C25H25N3O7S3/c1-34-15-14-28-22-13-12-21(37(3,30)31)16-23(22)36-25(28)26-24(29)17-4-6-18(7-5-17)27-38(32,33)20-10-8-19(35-2)9-11-20/h4-13,16,27H,14-15H2,1-3H3. The zero-order valence-electron chi connectivity index (χ0n) is 20.7. The highest BCUT2D eigenvalue weighted by Gasteiger charge is 2.16. The van der Waals surface area contributed by atoms with Crippen molar-refractivity contribution in [3.8, 4) is 5.75 Å². The van der Waals surface area contributed by atoms with Gasteiger partial charge in [0.15, 0.2) is 14.6 Å². The number of carbonyl (C=O) groups excluding carboxylic acids is 1. The average molecular weight is 576 g/mol. The van der Waals surface area contributed by atoms with Crippen LogP contribution in [0.2, 0.25) is 0 Å². The smallest absolute Gasteiger partial charge is 0.279 e. The summed E-state index contributed by atoms with van der Waals surface area (Å²) in [7, 11) is -4.18. The molecule has 1 N–H and O–H groups in total. The van der Waals surface area contributed by atoms with Crippen LogP contribution in [0.1, 0.15) is 10.4 Å². The van der Waals surface area contributed by atoms with Gasteiger partial charge in [0.05, 0.1) is 33.7 Å². The van der Waals surface area contributed by atoms with Crippen molar-refractivity contribution in [2.24, 2.45) is 4.99 Å². The minimum atomic E-state index is -3.83. The quantitative estimate of drug-likeness (QED) is 0.324. The summed E-state index contributed by atoms with van der Waals surface area (Å²) in [5.41, 5.74) is 1.27. The van der Waals surface area contributed by atoms with Crippen LogP contribution in [0.3, 0.4) is 0 Å². The number of nitrogens with one attached hydrogen (secondary N) is 1. The van der Waals surface area contributed by atoms with Crippen LogP contribution in [-0.2, 0) is 31.1 Å². The van der Waals surface area contributed by atoms with Crippen LogP contribution >= 0.6 is 11.3 Å². The molecule has 0 fully saturated rings. The number of sulfonamides is 1. The number of aromatic nitrogens is 1. The summed E-state index contributed by atoms with van der Waals surface area (Å²) in [5, 5.41) is 0. The van der Waals surface area contributed by atoms with Gasteiger partial charge in [-0.05, 0) is 66.7 Å². The second-order valence-electron chi connectivity index (χ2n) is 8.21. The molecular weight excluding hydrogens is 550 g/mol. The molecule has 4 aromatic rings. The molecule has 4 rings (SSSR count). The molecule has 1 amide bonds. The fraction of sp³-hybridized carbons (Fsp3) is 0.200. The van der Waals surface area contributed by atoms with E-state index in [0.717, 1.165) is 11.8 Å². The molecule has 0 bridgehead atoms. The molecule has 0 saturated heterocycles. The van der Waals surface area contributed by atoms with E-state index >= 15 is 0 Å². The van der Waals surface area contributed by atoms with Crippen molar-refractivity contribution in [2.75, 3.05) is 31.8 Å². The van der Waals surface area contributed by atoms with Crippen molar-refractivity contribution in [3.05, 3.63) is 77.1 Å². The number of hydrogen-bond donors (Lipinski definition) is 1. The Hall–Kier alpha value is -3.52. The maximum Gasteiger partial charge on any atom is 0.279 e. The topological polar surface area (TPSA) is 133 Å². The first-order valence-corrected chi connectivity index (χ1v) is 15.4. The average Bonchev–Trinajstić information content (AvgIpc) is 3.23. The normalized spacial score (nSPS) is 12.6. The first kappa shape index (κ1) is 27.5. The first-order chi connectivity index (χ1) is 18.0. The zero-order valence-corrected chi connectivity index (χ0v) is 23.2. The molecule has 10 nitrogen and oxygen atoms in total. The van der Waals surface area contributed by atoms with Crippen LogP contribution in [0.15, 0.2) is 81.5 Å². The minimum absolute atomic E-state index is 0.0675.